The number of phosphoric acid groups is 2. The third kappa shape index (κ3) is 61.3. The monoisotopic (exact) mass is 1280 g/mol. The summed E-state index contributed by atoms with van der Waals surface area (Å²) in [5.41, 5.74) is 0. The van der Waals surface area contributed by atoms with E-state index in [1.165, 1.54) is 161 Å². The molecule has 19 heteroatoms. The van der Waals surface area contributed by atoms with Gasteiger partial charge < -0.3 is 33.8 Å². The molecule has 516 valence electrons. The van der Waals surface area contributed by atoms with Crippen LogP contribution in [0.4, 0.5) is 0 Å². The molecule has 0 fully saturated rings. The number of phosphoric ester groups is 2. The fourth-order valence-electron chi connectivity index (χ4n) is 10.2. The van der Waals surface area contributed by atoms with Gasteiger partial charge in [-0.1, -0.05) is 292 Å². The van der Waals surface area contributed by atoms with Gasteiger partial charge in [-0.15, -0.1) is 0 Å². The highest BCUT2D eigenvalue weighted by molar-refractivity contribution is 7.47. The summed E-state index contributed by atoms with van der Waals surface area (Å²) >= 11 is 0. The summed E-state index contributed by atoms with van der Waals surface area (Å²) in [4.78, 5) is 72.4. The van der Waals surface area contributed by atoms with Crippen LogP contribution in [0.25, 0.3) is 0 Å². The molecule has 3 N–H and O–H groups in total. The smallest absolute Gasteiger partial charge is 0.462 e. The molecular formula is C68H132O17P2. The molecule has 0 bridgehead atoms. The molecule has 0 aliphatic carbocycles. The average molecular weight is 1280 g/mol. The number of aliphatic hydroxyl groups excluding tert-OH is 1. The minimum atomic E-state index is -4.95. The molecule has 0 aromatic carbocycles. The Morgan fingerprint density at radius 3 is 0.874 bits per heavy atom. The predicted molar refractivity (Wildman–Crippen MR) is 349 cm³/mol. The molecule has 0 spiro atoms. The van der Waals surface area contributed by atoms with Gasteiger partial charge in [-0.05, 0) is 37.5 Å². The molecule has 0 heterocycles. The van der Waals surface area contributed by atoms with Crippen LogP contribution in [0.1, 0.15) is 343 Å². The highest BCUT2D eigenvalue weighted by Crippen LogP contribution is 2.45. The number of hydrogen-bond acceptors (Lipinski definition) is 15. The Kier molecular flexibility index (Phi) is 59.0. The first kappa shape index (κ1) is 85.1. The molecule has 0 aromatic heterocycles. The van der Waals surface area contributed by atoms with E-state index >= 15 is 0 Å². The molecule has 0 saturated heterocycles. The second-order valence-electron chi connectivity index (χ2n) is 25.3. The zero-order valence-electron chi connectivity index (χ0n) is 56.3. The van der Waals surface area contributed by atoms with E-state index in [0.717, 1.165) is 102 Å². The predicted octanol–water partition coefficient (Wildman–Crippen LogP) is 19.2. The van der Waals surface area contributed by atoms with E-state index in [1.54, 1.807) is 0 Å². The van der Waals surface area contributed by atoms with Gasteiger partial charge >= 0.3 is 39.5 Å². The zero-order valence-corrected chi connectivity index (χ0v) is 58.1. The van der Waals surface area contributed by atoms with Crippen molar-refractivity contribution < 1.29 is 80.2 Å². The Balaban J connectivity index is 5.24. The summed E-state index contributed by atoms with van der Waals surface area (Å²) in [6.07, 6.45) is 44.4. The standard InChI is InChI=1S/C68H132O17P2/c1-7-10-12-14-16-18-19-20-24-28-32-39-45-51-66(71)79-56-63(84-67(72)52-46-40-33-29-25-22-21-23-27-30-36-42-48-60(4)5)58-82-86(74,75)80-54-62(69)55-81-87(76,77)83-59-64(57-78-65(70)50-44-38-31-26-17-15-13-11-8-2)85-68(73)53-47-41-35-34-37-43-49-61(6)9-3/h60-64,69H,7-59H2,1-6H3,(H,74,75)(H,76,77)/t61?,62-,63-,64-/m1/s1. The zero-order chi connectivity index (χ0) is 64.3. The lowest BCUT2D eigenvalue weighted by Gasteiger charge is -2.21. The third-order valence-electron chi connectivity index (χ3n) is 16.1. The van der Waals surface area contributed by atoms with Crippen molar-refractivity contribution in [1.82, 2.24) is 0 Å². The van der Waals surface area contributed by atoms with E-state index in [4.69, 9.17) is 37.0 Å². The number of unbranched alkanes of at least 4 members (excludes halogenated alkanes) is 36. The Bertz CT molecular complexity index is 1700. The van der Waals surface area contributed by atoms with E-state index < -0.39 is 97.5 Å². The first-order chi connectivity index (χ1) is 41.9. The molecule has 0 radical (unpaired) electrons. The Morgan fingerprint density at radius 2 is 0.586 bits per heavy atom. The van der Waals surface area contributed by atoms with Crippen molar-refractivity contribution in [2.45, 2.75) is 362 Å². The topological polar surface area (TPSA) is 237 Å². The van der Waals surface area contributed by atoms with Crippen molar-refractivity contribution in [3.8, 4) is 0 Å². The Morgan fingerprint density at radius 1 is 0.333 bits per heavy atom. The van der Waals surface area contributed by atoms with Crippen LogP contribution in [0.5, 0.6) is 0 Å². The molecule has 87 heavy (non-hydrogen) atoms. The molecule has 17 nitrogen and oxygen atoms in total. The number of esters is 4. The van der Waals surface area contributed by atoms with Crippen LogP contribution < -0.4 is 0 Å². The number of ether oxygens (including phenoxy) is 4. The molecule has 0 aliphatic heterocycles. The maximum absolute atomic E-state index is 13.0. The van der Waals surface area contributed by atoms with Crippen molar-refractivity contribution in [1.29, 1.82) is 0 Å². The molecule has 0 amide bonds. The van der Waals surface area contributed by atoms with E-state index in [0.29, 0.717) is 25.7 Å². The Labute approximate surface area is 530 Å². The maximum Gasteiger partial charge on any atom is 0.472 e. The van der Waals surface area contributed by atoms with E-state index in [2.05, 4.69) is 41.5 Å². The number of aliphatic hydroxyl groups is 1. The fraction of sp³-hybridized carbons (Fsp3) is 0.941. The average Bonchev–Trinajstić information content (AvgIpc) is 3.51. The second-order valence-corrected chi connectivity index (χ2v) is 28.2. The van der Waals surface area contributed by atoms with Gasteiger partial charge in [0, 0.05) is 25.7 Å². The Hall–Kier alpha value is -1.94. The molecule has 0 aromatic rings. The maximum atomic E-state index is 13.0. The van der Waals surface area contributed by atoms with Gasteiger partial charge in [-0.3, -0.25) is 37.3 Å². The van der Waals surface area contributed by atoms with Crippen LogP contribution in [-0.2, 0) is 65.4 Å². The third-order valence-corrected chi connectivity index (χ3v) is 18.0. The van der Waals surface area contributed by atoms with Crippen molar-refractivity contribution in [2.24, 2.45) is 11.8 Å². The highest BCUT2D eigenvalue weighted by atomic mass is 31.2. The lowest BCUT2D eigenvalue weighted by Crippen LogP contribution is -2.30. The summed E-state index contributed by atoms with van der Waals surface area (Å²) in [7, 11) is -9.89. The quantitative estimate of drug-likeness (QED) is 0.0222. The van der Waals surface area contributed by atoms with Crippen LogP contribution in [0.3, 0.4) is 0 Å². The number of carbonyl (C=O) groups excluding carboxylic acids is 4. The summed E-state index contributed by atoms with van der Waals surface area (Å²) in [6.45, 7) is 9.48. The van der Waals surface area contributed by atoms with Crippen molar-refractivity contribution in [2.75, 3.05) is 39.6 Å². The van der Waals surface area contributed by atoms with Gasteiger partial charge in [-0.25, -0.2) is 9.13 Å². The summed E-state index contributed by atoms with van der Waals surface area (Å²) < 4.78 is 68.2. The minimum absolute atomic E-state index is 0.103. The normalized spacial score (nSPS) is 14.5. The summed E-state index contributed by atoms with van der Waals surface area (Å²) in [5, 5.41) is 10.6. The molecule has 3 unspecified atom stereocenters. The molecule has 0 saturated carbocycles. The minimum Gasteiger partial charge on any atom is -0.462 e. The summed E-state index contributed by atoms with van der Waals surface area (Å²) in [5.74, 6) is -0.632. The molecule has 0 rings (SSSR count). The van der Waals surface area contributed by atoms with Gasteiger partial charge in [0.15, 0.2) is 12.2 Å². The second kappa shape index (κ2) is 60.3. The highest BCUT2D eigenvalue weighted by Gasteiger charge is 2.30. The largest absolute Gasteiger partial charge is 0.472 e. The number of carbonyl (C=O) groups is 4. The van der Waals surface area contributed by atoms with Gasteiger partial charge in [-0.2, -0.15) is 0 Å². The van der Waals surface area contributed by atoms with Crippen molar-refractivity contribution in [3.05, 3.63) is 0 Å². The molecule has 6 atom stereocenters. The van der Waals surface area contributed by atoms with Gasteiger partial charge in [0.1, 0.15) is 19.3 Å². The van der Waals surface area contributed by atoms with Crippen LogP contribution in [-0.4, -0.2) is 96.7 Å². The van der Waals surface area contributed by atoms with Crippen molar-refractivity contribution >= 4 is 39.5 Å². The molecular weight excluding hydrogens is 1150 g/mol. The lowest BCUT2D eigenvalue weighted by atomic mass is 10.00. The van der Waals surface area contributed by atoms with E-state index in [1.807, 2.05) is 0 Å². The van der Waals surface area contributed by atoms with E-state index in [9.17, 15) is 43.2 Å². The van der Waals surface area contributed by atoms with Gasteiger partial charge in [0.25, 0.3) is 0 Å². The fourth-order valence-corrected chi connectivity index (χ4v) is 11.8. The number of hydrogen-bond donors (Lipinski definition) is 3. The van der Waals surface area contributed by atoms with Crippen molar-refractivity contribution in [3.63, 3.8) is 0 Å². The molecule has 0 aliphatic rings. The number of rotatable bonds is 67. The van der Waals surface area contributed by atoms with Crippen LogP contribution in [0.2, 0.25) is 0 Å². The van der Waals surface area contributed by atoms with Crippen LogP contribution >= 0.6 is 15.6 Å². The van der Waals surface area contributed by atoms with Crippen LogP contribution in [0.15, 0.2) is 0 Å². The first-order valence-corrected chi connectivity index (χ1v) is 38.5. The van der Waals surface area contributed by atoms with Gasteiger partial charge in [0.05, 0.1) is 26.4 Å². The lowest BCUT2D eigenvalue weighted by molar-refractivity contribution is -0.161. The SMILES string of the molecule is CCCCCCCCCCCCCCCC(=O)OC[C@H](COP(=O)(O)OC[C@@H](O)COP(=O)(O)OC[C@@H](COC(=O)CCCCCCCCCCC)OC(=O)CCCCCCCCC(C)CC)OC(=O)CCCCCCCCCCCCCCC(C)C. The van der Waals surface area contributed by atoms with Gasteiger partial charge in [0.2, 0.25) is 0 Å². The van der Waals surface area contributed by atoms with E-state index in [-0.39, 0.29) is 25.7 Å². The van der Waals surface area contributed by atoms with Crippen LogP contribution in [0, 0.1) is 11.8 Å². The first-order valence-electron chi connectivity index (χ1n) is 35.5. The summed E-state index contributed by atoms with van der Waals surface area (Å²) in [6, 6.07) is 0.